The summed E-state index contributed by atoms with van der Waals surface area (Å²) >= 11 is 0. The van der Waals surface area contributed by atoms with E-state index in [1.165, 1.54) is 16.7 Å². The van der Waals surface area contributed by atoms with E-state index in [0.717, 1.165) is 22.3 Å². The topological polar surface area (TPSA) is 31.4 Å². The molecular formula is C31H40BNO2. The van der Waals surface area contributed by atoms with Crippen LogP contribution in [0, 0.1) is 0 Å². The highest BCUT2D eigenvalue weighted by molar-refractivity contribution is 6.62. The lowest BCUT2D eigenvalue weighted by molar-refractivity contribution is 0.00578. The lowest BCUT2D eigenvalue weighted by atomic mass is 9.75. The van der Waals surface area contributed by atoms with E-state index >= 15 is 0 Å². The van der Waals surface area contributed by atoms with Crippen molar-refractivity contribution < 1.29 is 9.31 Å². The molecule has 4 rings (SSSR count). The number of pyridine rings is 1. The number of hydrogen-bond acceptors (Lipinski definition) is 3. The summed E-state index contributed by atoms with van der Waals surface area (Å²) in [6.07, 6.45) is 1.84. The zero-order valence-corrected chi connectivity index (χ0v) is 23.1. The molecule has 1 aromatic heterocycles. The average molecular weight is 469 g/mol. The van der Waals surface area contributed by atoms with E-state index in [-0.39, 0.29) is 10.8 Å². The van der Waals surface area contributed by atoms with Crippen LogP contribution in [-0.2, 0) is 20.1 Å². The summed E-state index contributed by atoms with van der Waals surface area (Å²) in [7, 11) is -0.435. The van der Waals surface area contributed by atoms with Crippen LogP contribution in [0.5, 0.6) is 0 Å². The van der Waals surface area contributed by atoms with Crippen molar-refractivity contribution in [1.29, 1.82) is 0 Å². The third kappa shape index (κ3) is 5.24. The largest absolute Gasteiger partial charge is 0.494 e. The number of nitrogens with zero attached hydrogens (tertiary/aromatic N) is 1. The zero-order valence-electron chi connectivity index (χ0n) is 23.1. The van der Waals surface area contributed by atoms with Gasteiger partial charge in [-0.25, -0.2) is 0 Å². The molecule has 1 aliphatic heterocycles. The summed E-state index contributed by atoms with van der Waals surface area (Å²) in [5, 5.41) is 0. The summed E-state index contributed by atoms with van der Waals surface area (Å²) in [4.78, 5) is 4.64. The van der Waals surface area contributed by atoms with Crippen molar-refractivity contribution in [2.45, 2.75) is 91.3 Å². The van der Waals surface area contributed by atoms with Gasteiger partial charge in [0.2, 0.25) is 0 Å². The Morgan fingerprint density at radius 1 is 0.657 bits per heavy atom. The molecule has 0 saturated carbocycles. The van der Waals surface area contributed by atoms with Crippen LogP contribution in [-0.4, -0.2) is 23.3 Å². The second kappa shape index (κ2) is 8.60. The van der Waals surface area contributed by atoms with Gasteiger partial charge in [-0.1, -0.05) is 77.9 Å². The predicted molar refractivity (Wildman–Crippen MR) is 148 cm³/mol. The molecule has 2 aromatic carbocycles. The molecule has 184 valence electrons. The molecule has 0 amide bonds. The highest BCUT2D eigenvalue weighted by atomic mass is 16.7. The van der Waals surface area contributed by atoms with Gasteiger partial charge in [0.25, 0.3) is 0 Å². The normalized spacial score (nSPS) is 17.6. The maximum atomic E-state index is 6.45. The molecule has 1 saturated heterocycles. The lowest BCUT2D eigenvalue weighted by Gasteiger charge is -2.32. The van der Waals surface area contributed by atoms with Gasteiger partial charge < -0.3 is 9.31 Å². The van der Waals surface area contributed by atoms with Gasteiger partial charge in [-0.15, -0.1) is 0 Å². The molecule has 0 N–H and O–H groups in total. The number of hydrogen-bond donors (Lipinski definition) is 0. The van der Waals surface area contributed by atoms with Crippen LogP contribution >= 0.6 is 0 Å². The molecule has 0 atom stereocenters. The monoisotopic (exact) mass is 469 g/mol. The molecule has 1 fully saturated rings. The Morgan fingerprint density at radius 3 is 1.66 bits per heavy atom. The fourth-order valence-corrected chi connectivity index (χ4v) is 4.28. The van der Waals surface area contributed by atoms with Crippen LogP contribution in [0.25, 0.3) is 22.4 Å². The molecule has 0 spiro atoms. The SMILES string of the molecule is CC(C)(C)c1cc(-c2cc(B3OC(C)(C)C(C)(C)O3)cc(-c3ccccn3)c2)cc(C(C)(C)C)c1. The Balaban J connectivity index is 1.92. The molecule has 3 aromatic rings. The molecular weight excluding hydrogens is 429 g/mol. The standard InChI is InChI=1S/C31H40BNO2/c1-28(2,3)24-16-22(17-25(20-24)29(4,5)6)21-15-23(27-13-11-12-14-33-27)19-26(18-21)32-34-30(7,8)31(9,10)35-32/h11-20H,1-10H3. The molecule has 0 bridgehead atoms. The fourth-order valence-electron chi connectivity index (χ4n) is 4.28. The Hall–Kier alpha value is -2.43. The molecule has 1 aliphatic rings. The second-order valence-corrected chi connectivity index (χ2v) is 12.9. The maximum absolute atomic E-state index is 6.45. The number of aromatic nitrogens is 1. The summed E-state index contributed by atoms with van der Waals surface area (Å²) in [6, 6.07) is 19.7. The van der Waals surface area contributed by atoms with Gasteiger partial charge in [-0.3, -0.25) is 4.98 Å². The Morgan fingerprint density at radius 2 is 1.17 bits per heavy atom. The Kier molecular flexibility index (Phi) is 6.31. The van der Waals surface area contributed by atoms with E-state index in [0.29, 0.717) is 0 Å². The average Bonchev–Trinajstić information content (AvgIpc) is 2.99. The zero-order chi connectivity index (χ0) is 25.8. The van der Waals surface area contributed by atoms with Gasteiger partial charge in [-0.05, 0) is 84.4 Å². The summed E-state index contributed by atoms with van der Waals surface area (Å²) in [5.41, 5.74) is 7.33. The highest BCUT2D eigenvalue weighted by Crippen LogP contribution is 2.38. The van der Waals surface area contributed by atoms with Crippen molar-refractivity contribution in [3.63, 3.8) is 0 Å². The number of benzene rings is 2. The van der Waals surface area contributed by atoms with E-state index in [1.54, 1.807) is 0 Å². The quantitative estimate of drug-likeness (QED) is 0.377. The van der Waals surface area contributed by atoms with E-state index in [2.05, 4.69) is 117 Å². The van der Waals surface area contributed by atoms with Gasteiger partial charge in [0.05, 0.1) is 16.9 Å². The van der Waals surface area contributed by atoms with Crippen LogP contribution in [0.1, 0.15) is 80.4 Å². The minimum absolute atomic E-state index is 0.0448. The first-order valence-electron chi connectivity index (χ1n) is 12.7. The minimum Gasteiger partial charge on any atom is -0.399 e. The van der Waals surface area contributed by atoms with Gasteiger partial charge >= 0.3 is 7.12 Å². The van der Waals surface area contributed by atoms with Gasteiger partial charge in [0.1, 0.15) is 0 Å². The maximum Gasteiger partial charge on any atom is 0.494 e. The van der Waals surface area contributed by atoms with Gasteiger partial charge in [0, 0.05) is 11.8 Å². The molecule has 2 heterocycles. The smallest absolute Gasteiger partial charge is 0.399 e. The van der Waals surface area contributed by atoms with Crippen molar-refractivity contribution >= 4 is 12.6 Å². The van der Waals surface area contributed by atoms with E-state index in [9.17, 15) is 0 Å². The highest BCUT2D eigenvalue weighted by Gasteiger charge is 2.51. The first-order valence-corrected chi connectivity index (χ1v) is 12.7. The lowest BCUT2D eigenvalue weighted by Crippen LogP contribution is -2.41. The Bertz CT molecular complexity index is 1170. The second-order valence-electron chi connectivity index (χ2n) is 12.9. The molecule has 35 heavy (non-hydrogen) atoms. The summed E-state index contributed by atoms with van der Waals surface area (Å²) < 4.78 is 12.9. The van der Waals surface area contributed by atoms with Crippen LogP contribution in [0.15, 0.2) is 60.8 Å². The van der Waals surface area contributed by atoms with E-state index in [4.69, 9.17) is 9.31 Å². The fraction of sp³-hybridized carbons (Fsp3) is 0.452. The summed E-state index contributed by atoms with van der Waals surface area (Å²) in [6.45, 7) is 22.0. The van der Waals surface area contributed by atoms with Crippen LogP contribution < -0.4 is 5.46 Å². The molecule has 0 unspecified atom stereocenters. The molecule has 0 radical (unpaired) electrons. The van der Waals surface area contributed by atoms with Crippen LogP contribution in [0.4, 0.5) is 0 Å². The number of rotatable bonds is 3. The van der Waals surface area contributed by atoms with E-state index < -0.39 is 18.3 Å². The van der Waals surface area contributed by atoms with Crippen LogP contribution in [0.2, 0.25) is 0 Å². The first-order chi connectivity index (χ1) is 16.1. The van der Waals surface area contributed by atoms with E-state index in [1.807, 2.05) is 18.3 Å². The molecule has 4 heteroatoms. The first kappa shape index (κ1) is 25.7. The predicted octanol–water partition coefficient (Wildman–Crippen LogP) is 7.31. The van der Waals surface area contributed by atoms with Crippen LogP contribution in [0.3, 0.4) is 0 Å². The molecule has 0 aliphatic carbocycles. The third-order valence-electron chi connectivity index (χ3n) is 7.44. The molecule has 3 nitrogen and oxygen atoms in total. The van der Waals surface area contributed by atoms with Crippen molar-refractivity contribution in [3.8, 4) is 22.4 Å². The summed E-state index contributed by atoms with van der Waals surface area (Å²) in [5.74, 6) is 0. The third-order valence-corrected chi connectivity index (χ3v) is 7.44. The van der Waals surface area contributed by atoms with Gasteiger partial charge in [-0.2, -0.15) is 0 Å². The Labute approximate surface area is 212 Å². The van der Waals surface area contributed by atoms with Crippen molar-refractivity contribution in [2.75, 3.05) is 0 Å². The van der Waals surface area contributed by atoms with Crippen molar-refractivity contribution in [3.05, 3.63) is 71.9 Å². The van der Waals surface area contributed by atoms with Gasteiger partial charge in [0.15, 0.2) is 0 Å². The van der Waals surface area contributed by atoms with Crippen molar-refractivity contribution in [1.82, 2.24) is 4.98 Å². The minimum atomic E-state index is -0.435. The van der Waals surface area contributed by atoms with Crippen molar-refractivity contribution in [2.24, 2.45) is 0 Å².